The van der Waals surface area contributed by atoms with Gasteiger partial charge in [0.25, 0.3) is 0 Å². The average Bonchev–Trinajstić information content (AvgIpc) is 2.32. The average molecular weight is 300 g/mol. The lowest BCUT2D eigenvalue weighted by atomic mass is 10.0. The summed E-state index contributed by atoms with van der Waals surface area (Å²) in [4.78, 5) is 0. The van der Waals surface area contributed by atoms with Gasteiger partial charge in [-0.15, -0.1) is 0 Å². The molecule has 0 aromatic heterocycles. The highest BCUT2D eigenvalue weighted by Crippen LogP contribution is 2.12. The van der Waals surface area contributed by atoms with Gasteiger partial charge in [-0.25, -0.2) is 0 Å². The van der Waals surface area contributed by atoms with E-state index >= 15 is 0 Å². The van der Waals surface area contributed by atoms with E-state index in [1.807, 2.05) is 6.92 Å². The fourth-order valence-electron chi connectivity index (χ4n) is 1.84. The van der Waals surface area contributed by atoms with Crippen molar-refractivity contribution in [2.45, 2.75) is 32.7 Å². The fraction of sp³-hybridized carbons (Fsp3) is 0.571. The van der Waals surface area contributed by atoms with Crippen molar-refractivity contribution >= 4 is 15.9 Å². The van der Waals surface area contributed by atoms with Crippen molar-refractivity contribution in [3.8, 4) is 0 Å². The molecule has 96 valence electrons. The number of halogens is 1. The molecule has 1 aromatic rings. The summed E-state index contributed by atoms with van der Waals surface area (Å²) in [5, 5.41) is 3.51. The Morgan fingerprint density at radius 2 is 1.94 bits per heavy atom. The van der Waals surface area contributed by atoms with Crippen LogP contribution in [0.5, 0.6) is 0 Å². The third-order valence-corrected chi connectivity index (χ3v) is 3.23. The first-order chi connectivity index (χ1) is 8.26. The van der Waals surface area contributed by atoms with Crippen molar-refractivity contribution in [3.63, 3.8) is 0 Å². The molecule has 0 heterocycles. The van der Waals surface area contributed by atoms with Crippen molar-refractivity contribution in [2.75, 3.05) is 19.8 Å². The van der Waals surface area contributed by atoms with E-state index in [0.717, 1.165) is 37.1 Å². The minimum atomic E-state index is 0.507. The van der Waals surface area contributed by atoms with E-state index in [2.05, 4.69) is 52.4 Å². The Hall–Kier alpha value is -0.380. The summed E-state index contributed by atoms with van der Waals surface area (Å²) in [6.07, 6.45) is 2.13. The largest absolute Gasteiger partial charge is 0.382 e. The maximum Gasteiger partial charge on any atom is 0.0480 e. The lowest BCUT2D eigenvalue weighted by molar-refractivity contribution is 0.136. The maximum atomic E-state index is 5.42. The molecule has 1 unspecified atom stereocenters. The van der Waals surface area contributed by atoms with E-state index in [1.54, 1.807) is 0 Å². The summed E-state index contributed by atoms with van der Waals surface area (Å²) < 4.78 is 6.55. The standard InChI is InChI=1S/C14H22BrNO/c1-3-16-14(9-10-17-4-2)11-12-5-7-13(15)8-6-12/h5-8,14,16H,3-4,9-11H2,1-2H3. The molecule has 0 spiro atoms. The van der Waals surface area contributed by atoms with Gasteiger partial charge in [0.05, 0.1) is 0 Å². The first-order valence-electron chi connectivity index (χ1n) is 6.31. The molecule has 0 aliphatic heterocycles. The van der Waals surface area contributed by atoms with Gasteiger partial charge in [0.2, 0.25) is 0 Å². The van der Waals surface area contributed by atoms with Gasteiger partial charge in [-0.2, -0.15) is 0 Å². The van der Waals surface area contributed by atoms with Gasteiger partial charge in [-0.1, -0.05) is 35.0 Å². The first kappa shape index (κ1) is 14.7. The predicted molar refractivity (Wildman–Crippen MR) is 76.4 cm³/mol. The molecule has 1 rings (SSSR count). The first-order valence-corrected chi connectivity index (χ1v) is 7.11. The smallest absolute Gasteiger partial charge is 0.0480 e. The van der Waals surface area contributed by atoms with Crippen LogP contribution in [0.4, 0.5) is 0 Å². The minimum Gasteiger partial charge on any atom is -0.382 e. The Labute approximate surface area is 113 Å². The molecule has 0 aliphatic carbocycles. The Kier molecular flexibility index (Phi) is 7.49. The lowest BCUT2D eigenvalue weighted by Gasteiger charge is -2.17. The minimum absolute atomic E-state index is 0.507. The summed E-state index contributed by atoms with van der Waals surface area (Å²) in [6.45, 7) is 6.83. The molecule has 1 aromatic carbocycles. The van der Waals surface area contributed by atoms with E-state index < -0.39 is 0 Å². The summed E-state index contributed by atoms with van der Waals surface area (Å²) >= 11 is 3.46. The molecule has 0 fully saturated rings. The van der Waals surface area contributed by atoms with Gasteiger partial charge in [0.15, 0.2) is 0 Å². The molecule has 0 radical (unpaired) electrons. The summed E-state index contributed by atoms with van der Waals surface area (Å²) in [5.74, 6) is 0. The molecule has 17 heavy (non-hydrogen) atoms. The maximum absolute atomic E-state index is 5.42. The van der Waals surface area contributed by atoms with Crippen LogP contribution in [-0.4, -0.2) is 25.8 Å². The van der Waals surface area contributed by atoms with Crippen molar-refractivity contribution in [3.05, 3.63) is 34.3 Å². The van der Waals surface area contributed by atoms with Crippen molar-refractivity contribution < 1.29 is 4.74 Å². The van der Waals surface area contributed by atoms with Crippen LogP contribution in [0.2, 0.25) is 0 Å². The molecule has 2 nitrogen and oxygen atoms in total. The third-order valence-electron chi connectivity index (χ3n) is 2.70. The van der Waals surface area contributed by atoms with Gasteiger partial charge in [-0.05, 0) is 44.0 Å². The summed E-state index contributed by atoms with van der Waals surface area (Å²) in [5.41, 5.74) is 1.37. The van der Waals surface area contributed by atoms with E-state index in [9.17, 15) is 0 Å². The van der Waals surface area contributed by atoms with E-state index in [1.165, 1.54) is 5.56 Å². The molecule has 0 amide bonds. The zero-order valence-electron chi connectivity index (χ0n) is 10.7. The van der Waals surface area contributed by atoms with Crippen molar-refractivity contribution in [2.24, 2.45) is 0 Å². The van der Waals surface area contributed by atoms with Crippen LogP contribution >= 0.6 is 15.9 Å². The van der Waals surface area contributed by atoms with Gasteiger partial charge >= 0.3 is 0 Å². The fourth-order valence-corrected chi connectivity index (χ4v) is 2.10. The zero-order chi connectivity index (χ0) is 12.5. The highest BCUT2D eigenvalue weighted by molar-refractivity contribution is 9.10. The van der Waals surface area contributed by atoms with Crippen molar-refractivity contribution in [1.29, 1.82) is 0 Å². The van der Waals surface area contributed by atoms with Gasteiger partial charge in [0.1, 0.15) is 0 Å². The predicted octanol–water partition coefficient (Wildman–Crippen LogP) is 3.40. The molecule has 1 N–H and O–H groups in total. The Morgan fingerprint density at radius 3 is 2.53 bits per heavy atom. The van der Waals surface area contributed by atoms with Gasteiger partial charge in [0, 0.05) is 23.7 Å². The Bertz CT molecular complexity index is 300. The molecular weight excluding hydrogens is 278 g/mol. The number of ether oxygens (including phenoxy) is 1. The number of benzene rings is 1. The van der Waals surface area contributed by atoms with Crippen LogP contribution in [0, 0.1) is 0 Å². The topological polar surface area (TPSA) is 21.3 Å². The van der Waals surface area contributed by atoms with Crippen LogP contribution in [0.3, 0.4) is 0 Å². The molecule has 0 bridgehead atoms. The molecule has 0 saturated carbocycles. The van der Waals surface area contributed by atoms with E-state index in [0.29, 0.717) is 6.04 Å². The molecule has 3 heteroatoms. The molecular formula is C14H22BrNO. The highest BCUT2D eigenvalue weighted by Gasteiger charge is 2.08. The number of hydrogen-bond donors (Lipinski definition) is 1. The SMILES string of the molecule is CCNC(CCOCC)Cc1ccc(Br)cc1. The Balaban J connectivity index is 2.44. The van der Waals surface area contributed by atoms with Gasteiger partial charge in [-0.3, -0.25) is 0 Å². The summed E-state index contributed by atoms with van der Waals surface area (Å²) in [7, 11) is 0. The molecule has 1 atom stereocenters. The van der Waals surface area contributed by atoms with Crippen LogP contribution in [0.15, 0.2) is 28.7 Å². The Morgan fingerprint density at radius 1 is 1.24 bits per heavy atom. The number of likely N-dealkylation sites (N-methyl/N-ethyl adjacent to an activating group) is 1. The second-order valence-corrected chi connectivity index (χ2v) is 4.99. The van der Waals surface area contributed by atoms with Crippen LogP contribution in [0.25, 0.3) is 0 Å². The second-order valence-electron chi connectivity index (χ2n) is 4.07. The van der Waals surface area contributed by atoms with Crippen LogP contribution < -0.4 is 5.32 Å². The molecule has 0 saturated heterocycles. The van der Waals surface area contributed by atoms with E-state index in [4.69, 9.17) is 4.74 Å². The van der Waals surface area contributed by atoms with Crippen molar-refractivity contribution in [1.82, 2.24) is 5.32 Å². The highest BCUT2D eigenvalue weighted by atomic mass is 79.9. The summed E-state index contributed by atoms with van der Waals surface area (Å²) in [6, 6.07) is 9.05. The second kappa shape index (κ2) is 8.67. The normalized spacial score (nSPS) is 12.6. The van der Waals surface area contributed by atoms with Crippen LogP contribution in [0.1, 0.15) is 25.8 Å². The van der Waals surface area contributed by atoms with Crippen LogP contribution in [-0.2, 0) is 11.2 Å². The zero-order valence-corrected chi connectivity index (χ0v) is 12.3. The van der Waals surface area contributed by atoms with E-state index in [-0.39, 0.29) is 0 Å². The quantitative estimate of drug-likeness (QED) is 0.743. The monoisotopic (exact) mass is 299 g/mol. The lowest BCUT2D eigenvalue weighted by Crippen LogP contribution is -2.32. The molecule has 0 aliphatic rings. The number of hydrogen-bond acceptors (Lipinski definition) is 2. The number of nitrogens with one attached hydrogen (secondary N) is 1. The van der Waals surface area contributed by atoms with Gasteiger partial charge < -0.3 is 10.1 Å². The third kappa shape index (κ3) is 6.20. The number of rotatable bonds is 8.